The molecule has 0 aliphatic carbocycles. The number of thiazole rings is 1. The van der Waals surface area contributed by atoms with Crippen LogP contribution in [0.4, 0.5) is 4.39 Å². The zero-order valence-electron chi connectivity index (χ0n) is 10.7. The number of nitrogens with one attached hydrogen (secondary N) is 1. The molecule has 0 amide bonds. The smallest absolute Gasteiger partial charge is 0.124 e. The minimum Gasteiger partial charge on any atom is -0.309 e. The van der Waals surface area contributed by atoms with Gasteiger partial charge in [0, 0.05) is 21.6 Å². The van der Waals surface area contributed by atoms with E-state index in [4.69, 9.17) is 0 Å². The van der Waals surface area contributed by atoms with Crippen molar-refractivity contribution >= 4 is 27.3 Å². The normalized spacial score (nSPS) is 12.6. The highest BCUT2D eigenvalue weighted by Gasteiger charge is 2.14. The third-order valence-electron chi connectivity index (χ3n) is 2.80. The Balaban J connectivity index is 2.15. The molecule has 0 aliphatic rings. The lowest BCUT2D eigenvalue weighted by Gasteiger charge is -2.17. The molecule has 0 saturated heterocycles. The van der Waals surface area contributed by atoms with Crippen molar-refractivity contribution in [3.63, 3.8) is 0 Å². The van der Waals surface area contributed by atoms with Gasteiger partial charge in [0.05, 0.1) is 5.51 Å². The molecule has 1 atom stereocenters. The van der Waals surface area contributed by atoms with E-state index in [0.717, 1.165) is 29.4 Å². The van der Waals surface area contributed by atoms with Crippen molar-refractivity contribution < 1.29 is 4.39 Å². The Morgan fingerprint density at radius 3 is 2.89 bits per heavy atom. The Morgan fingerprint density at radius 2 is 2.26 bits per heavy atom. The quantitative estimate of drug-likeness (QED) is 0.845. The van der Waals surface area contributed by atoms with Gasteiger partial charge in [-0.15, -0.1) is 11.3 Å². The molecule has 0 aliphatic heterocycles. The average Bonchev–Trinajstić information content (AvgIpc) is 2.87. The van der Waals surface area contributed by atoms with Crippen LogP contribution in [0.5, 0.6) is 0 Å². The van der Waals surface area contributed by atoms with Crippen molar-refractivity contribution in [3.8, 4) is 0 Å². The molecule has 1 unspecified atom stereocenters. The first-order chi connectivity index (χ1) is 9.19. The summed E-state index contributed by atoms with van der Waals surface area (Å²) >= 11 is 4.96. The first-order valence-electron chi connectivity index (χ1n) is 6.25. The Hall–Kier alpha value is -0.780. The van der Waals surface area contributed by atoms with Crippen LogP contribution in [0, 0.1) is 5.82 Å². The summed E-state index contributed by atoms with van der Waals surface area (Å²) in [5, 5.41) is 3.49. The number of hydrogen-bond acceptors (Lipinski definition) is 3. The first-order valence-corrected chi connectivity index (χ1v) is 7.93. The third-order valence-corrected chi connectivity index (χ3v) is 4.14. The van der Waals surface area contributed by atoms with Gasteiger partial charge in [-0.05, 0) is 43.1 Å². The molecule has 0 radical (unpaired) electrons. The second-order valence-electron chi connectivity index (χ2n) is 4.39. The summed E-state index contributed by atoms with van der Waals surface area (Å²) in [5.74, 6) is -0.206. The van der Waals surface area contributed by atoms with Gasteiger partial charge in [-0.2, -0.15) is 0 Å². The van der Waals surface area contributed by atoms with Crippen LogP contribution in [-0.4, -0.2) is 11.5 Å². The van der Waals surface area contributed by atoms with E-state index >= 15 is 0 Å². The minimum atomic E-state index is -0.206. The van der Waals surface area contributed by atoms with E-state index in [1.165, 1.54) is 10.9 Å². The van der Waals surface area contributed by atoms with E-state index in [9.17, 15) is 4.39 Å². The van der Waals surface area contributed by atoms with Gasteiger partial charge in [0.1, 0.15) is 5.82 Å². The summed E-state index contributed by atoms with van der Waals surface area (Å²) in [6, 6.07) is 5.23. The predicted molar refractivity (Wildman–Crippen MR) is 81.0 cm³/mol. The van der Waals surface area contributed by atoms with Crippen LogP contribution >= 0.6 is 27.3 Å². The van der Waals surface area contributed by atoms with E-state index in [1.54, 1.807) is 17.4 Å². The van der Waals surface area contributed by atoms with Crippen molar-refractivity contribution in [2.24, 2.45) is 0 Å². The molecule has 19 heavy (non-hydrogen) atoms. The molecule has 2 aromatic rings. The van der Waals surface area contributed by atoms with Crippen LogP contribution in [-0.2, 0) is 6.42 Å². The fraction of sp³-hybridized carbons (Fsp3) is 0.357. The average molecular weight is 343 g/mol. The van der Waals surface area contributed by atoms with Crippen molar-refractivity contribution in [2.75, 3.05) is 6.54 Å². The van der Waals surface area contributed by atoms with Crippen LogP contribution in [0.3, 0.4) is 0 Å². The molecule has 1 aromatic heterocycles. The standard InChI is InChI=1S/C14H16BrFN2S/c1-2-3-18-13(14-8-17-9-19-14)6-10-4-11(15)7-12(16)5-10/h4-5,7-9,13,18H,2-3,6H2,1H3. The van der Waals surface area contributed by atoms with E-state index in [-0.39, 0.29) is 11.9 Å². The number of halogens is 2. The molecule has 1 N–H and O–H groups in total. The van der Waals surface area contributed by atoms with E-state index < -0.39 is 0 Å². The van der Waals surface area contributed by atoms with Gasteiger partial charge in [0.15, 0.2) is 0 Å². The van der Waals surface area contributed by atoms with Crippen LogP contribution in [0.1, 0.15) is 29.8 Å². The third kappa shape index (κ3) is 4.37. The highest BCUT2D eigenvalue weighted by atomic mass is 79.9. The van der Waals surface area contributed by atoms with Gasteiger partial charge in [0.25, 0.3) is 0 Å². The molecule has 2 rings (SSSR count). The van der Waals surface area contributed by atoms with Gasteiger partial charge < -0.3 is 5.32 Å². The molecular formula is C14H16BrFN2S. The molecule has 1 heterocycles. The molecule has 0 bridgehead atoms. The summed E-state index contributed by atoms with van der Waals surface area (Å²) in [6.45, 7) is 3.08. The highest BCUT2D eigenvalue weighted by Crippen LogP contribution is 2.24. The summed E-state index contributed by atoms with van der Waals surface area (Å²) in [5.41, 5.74) is 2.81. The monoisotopic (exact) mass is 342 g/mol. The van der Waals surface area contributed by atoms with Gasteiger partial charge in [-0.25, -0.2) is 4.39 Å². The first kappa shape index (κ1) is 14.6. The number of nitrogens with zero attached hydrogens (tertiary/aromatic N) is 1. The molecule has 1 aromatic carbocycles. The molecular weight excluding hydrogens is 327 g/mol. The highest BCUT2D eigenvalue weighted by molar-refractivity contribution is 9.10. The van der Waals surface area contributed by atoms with Crippen LogP contribution in [0.25, 0.3) is 0 Å². The Kier molecular flexibility index (Phi) is 5.48. The number of benzene rings is 1. The Bertz CT molecular complexity index is 496. The lowest BCUT2D eigenvalue weighted by Crippen LogP contribution is -2.23. The van der Waals surface area contributed by atoms with Gasteiger partial charge in [-0.3, -0.25) is 4.98 Å². The van der Waals surface area contributed by atoms with Crippen molar-refractivity contribution in [1.82, 2.24) is 10.3 Å². The number of aromatic nitrogens is 1. The lowest BCUT2D eigenvalue weighted by atomic mass is 10.0. The summed E-state index contributed by atoms with van der Waals surface area (Å²) in [4.78, 5) is 5.31. The lowest BCUT2D eigenvalue weighted by molar-refractivity contribution is 0.533. The minimum absolute atomic E-state index is 0.196. The maximum absolute atomic E-state index is 13.4. The zero-order valence-corrected chi connectivity index (χ0v) is 13.1. The van der Waals surface area contributed by atoms with E-state index in [2.05, 4.69) is 33.2 Å². The Labute approximate surface area is 125 Å². The van der Waals surface area contributed by atoms with E-state index in [0.29, 0.717) is 0 Å². The Morgan fingerprint density at radius 1 is 1.42 bits per heavy atom. The number of rotatable bonds is 6. The van der Waals surface area contributed by atoms with Crippen LogP contribution in [0.2, 0.25) is 0 Å². The van der Waals surface area contributed by atoms with Crippen LogP contribution in [0.15, 0.2) is 34.4 Å². The zero-order chi connectivity index (χ0) is 13.7. The second kappa shape index (κ2) is 7.12. The number of hydrogen-bond donors (Lipinski definition) is 1. The summed E-state index contributed by atoms with van der Waals surface area (Å²) < 4.78 is 14.2. The van der Waals surface area contributed by atoms with Crippen LogP contribution < -0.4 is 5.32 Å². The van der Waals surface area contributed by atoms with Crippen molar-refractivity contribution in [1.29, 1.82) is 0 Å². The van der Waals surface area contributed by atoms with Gasteiger partial charge in [0.2, 0.25) is 0 Å². The predicted octanol–water partition coefficient (Wildman–Crippen LogP) is 4.33. The van der Waals surface area contributed by atoms with E-state index in [1.807, 2.05) is 17.8 Å². The molecule has 2 nitrogen and oxygen atoms in total. The van der Waals surface area contributed by atoms with Crippen molar-refractivity contribution in [2.45, 2.75) is 25.8 Å². The fourth-order valence-corrected chi connectivity index (χ4v) is 3.16. The van der Waals surface area contributed by atoms with Crippen molar-refractivity contribution in [3.05, 3.63) is 50.6 Å². The maximum Gasteiger partial charge on any atom is 0.124 e. The molecule has 0 saturated carbocycles. The second-order valence-corrected chi connectivity index (χ2v) is 6.23. The summed E-state index contributed by atoms with van der Waals surface area (Å²) in [7, 11) is 0. The SMILES string of the molecule is CCCNC(Cc1cc(F)cc(Br)c1)c1cncs1. The fourth-order valence-electron chi connectivity index (χ4n) is 1.95. The molecule has 5 heteroatoms. The largest absolute Gasteiger partial charge is 0.309 e. The molecule has 102 valence electrons. The topological polar surface area (TPSA) is 24.9 Å². The molecule has 0 fully saturated rings. The summed E-state index contributed by atoms with van der Waals surface area (Å²) in [6.07, 6.45) is 3.72. The molecule has 0 spiro atoms. The van der Waals surface area contributed by atoms with Gasteiger partial charge in [-0.1, -0.05) is 22.9 Å². The maximum atomic E-state index is 13.4. The van der Waals surface area contributed by atoms with Gasteiger partial charge >= 0.3 is 0 Å².